The summed E-state index contributed by atoms with van der Waals surface area (Å²) in [6, 6.07) is 10.6. The topological polar surface area (TPSA) is 86.2 Å². The molecule has 0 bridgehead atoms. The molecule has 0 fully saturated rings. The van der Waals surface area contributed by atoms with Gasteiger partial charge >= 0.3 is 18.3 Å². The number of carbonyl (C=O) groups is 1. The number of benzene rings is 2. The summed E-state index contributed by atoms with van der Waals surface area (Å²) in [5, 5.41) is 3.29. The van der Waals surface area contributed by atoms with Crippen LogP contribution in [0.25, 0.3) is 22.2 Å². The van der Waals surface area contributed by atoms with Gasteiger partial charge in [0.15, 0.2) is 5.82 Å². The molecule has 0 aliphatic rings. The number of nitrogens with one attached hydrogen (secondary N) is 1. The Morgan fingerprint density at radius 1 is 0.949 bits per heavy atom. The number of alkyl halides is 6. The van der Waals surface area contributed by atoms with Gasteiger partial charge in [0.1, 0.15) is 19.0 Å². The monoisotopic (exact) mass is 550 g/mol. The third kappa shape index (κ3) is 6.79. The standard InChI is InChI=1S/C26H20F6N4O3/c1-2-39-22(37)14-38-13-21-35-20-12-15(23-19(26(30,31)32)4-3-11-33-23)5-10-18(20)24(36-21)34-17-8-6-16(7-9-17)25(27,28)29/h3-12H,2,13-14H2,1H3,(H,34,35,36). The molecule has 0 unspecified atom stereocenters. The van der Waals surface area contributed by atoms with Gasteiger partial charge in [-0.2, -0.15) is 26.3 Å². The molecule has 0 radical (unpaired) electrons. The number of aromatic nitrogens is 3. The van der Waals surface area contributed by atoms with Gasteiger partial charge in [0.25, 0.3) is 0 Å². The molecule has 0 saturated carbocycles. The number of anilines is 2. The molecule has 2 aromatic heterocycles. The van der Waals surface area contributed by atoms with Gasteiger partial charge in [0, 0.05) is 22.8 Å². The first-order valence-corrected chi connectivity index (χ1v) is 11.5. The van der Waals surface area contributed by atoms with Crippen molar-refractivity contribution in [2.45, 2.75) is 25.9 Å². The molecule has 39 heavy (non-hydrogen) atoms. The number of nitrogens with zero attached hydrogens (tertiary/aromatic N) is 3. The number of rotatable bonds is 8. The lowest BCUT2D eigenvalue weighted by Crippen LogP contribution is -2.13. The second-order valence-electron chi connectivity index (χ2n) is 8.12. The van der Waals surface area contributed by atoms with Crippen LogP contribution < -0.4 is 5.32 Å². The predicted octanol–water partition coefficient (Wildman–Crippen LogP) is 6.55. The van der Waals surface area contributed by atoms with Crippen LogP contribution in [0.2, 0.25) is 0 Å². The van der Waals surface area contributed by atoms with Crippen molar-refractivity contribution in [3.05, 3.63) is 77.7 Å². The zero-order valence-electron chi connectivity index (χ0n) is 20.2. The molecule has 4 rings (SSSR count). The second-order valence-corrected chi connectivity index (χ2v) is 8.12. The minimum Gasteiger partial charge on any atom is -0.464 e. The summed E-state index contributed by atoms with van der Waals surface area (Å²) in [5.41, 5.74) is -1.45. The predicted molar refractivity (Wildman–Crippen MR) is 129 cm³/mol. The minimum atomic E-state index is -4.65. The van der Waals surface area contributed by atoms with Crippen molar-refractivity contribution in [2.75, 3.05) is 18.5 Å². The van der Waals surface area contributed by atoms with Crippen LogP contribution in [-0.4, -0.2) is 34.1 Å². The number of hydrogen-bond donors (Lipinski definition) is 1. The Morgan fingerprint density at radius 2 is 1.69 bits per heavy atom. The summed E-state index contributed by atoms with van der Waals surface area (Å²) in [4.78, 5) is 24.2. The summed E-state index contributed by atoms with van der Waals surface area (Å²) < 4.78 is 89.7. The molecule has 0 saturated heterocycles. The highest BCUT2D eigenvalue weighted by atomic mass is 19.4. The molecular weight excluding hydrogens is 530 g/mol. The average molecular weight is 550 g/mol. The number of esters is 1. The number of pyridine rings is 1. The lowest BCUT2D eigenvalue weighted by molar-refractivity contribution is -0.149. The van der Waals surface area contributed by atoms with Crippen molar-refractivity contribution in [3.63, 3.8) is 0 Å². The lowest BCUT2D eigenvalue weighted by atomic mass is 10.0. The maximum Gasteiger partial charge on any atom is 0.418 e. The van der Waals surface area contributed by atoms with Crippen molar-refractivity contribution >= 4 is 28.4 Å². The van der Waals surface area contributed by atoms with Gasteiger partial charge in [-0.1, -0.05) is 6.07 Å². The smallest absolute Gasteiger partial charge is 0.418 e. The van der Waals surface area contributed by atoms with Crippen LogP contribution in [0.3, 0.4) is 0 Å². The van der Waals surface area contributed by atoms with E-state index in [2.05, 4.69) is 20.3 Å². The molecule has 0 spiro atoms. The summed E-state index contributed by atoms with van der Waals surface area (Å²) in [6.45, 7) is 1.15. The highest BCUT2D eigenvalue weighted by Crippen LogP contribution is 2.37. The fourth-order valence-electron chi connectivity index (χ4n) is 3.66. The lowest BCUT2D eigenvalue weighted by Gasteiger charge is -2.14. The van der Waals surface area contributed by atoms with Gasteiger partial charge in [-0.05, 0) is 55.5 Å². The molecule has 7 nitrogen and oxygen atoms in total. The van der Waals surface area contributed by atoms with Gasteiger partial charge in [0.2, 0.25) is 0 Å². The highest BCUT2D eigenvalue weighted by molar-refractivity contribution is 5.93. The highest BCUT2D eigenvalue weighted by Gasteiger charge is 2.34. The molecule has 4 aromatic rings. The number of fused-ring (bicyclic) bond motifs is 1. The number of carbonyl (C=O) groups excluding carboxylic acids is 1. The summed E-state index contributed by atoms with van der Waals surface area (Å²) in [6.07, 6.45) is -7.92. The van der Waals surface area contributed by atoms with E-state index >= 15 is 0 Å². The summed E-state index contributed by atoms with van der Waals surface area (Å²) >= 11 is 0. The van der Waals surface area contributed by atoms with Gasteiger partial charge < -0.3 is 14.8 Å². The van der Waals surface area contributed by atoms with E-state index in [0.717, 1.165) is 18.2 Å². The molecule has 204 valence electrons. The van der Waals surface area contributed by atoms with E-state index in [-0.39, 0.29) is 53.9 Å². The Hall–Kier alpha value is -4.26. The third-order valence-corrected chi connectivity index (χ3v) is 5.36. The Balaban J connectivity index is 1.74. The van der Waals surface area contributed by atoms with E-state index in [1.54, 1.807) is 6.92 Å². The molecule has 0 aliphatic heterocycles. The number of halogens is 6. The summed E-state index contributed by atoms with van der Waals surface area (Å²) in [7, 11) is 0. The van der Waals surface area contributed by atoms with Crippen LogP contribution >= 0.6 is 0 Å². The zero-order valence-corrected chi connectivity index (χ0v) is 20.2. The molecule has 0 aliphatic carbocycles. The van der Waals surface area contributed by atoms with Crippen molar-refractivity contribution in [1.29, 1.82) is 0 Å². The van der Waals surface area contributed by atoms with E-state index in [9.17, 15) is 31.1 Å². The van der Waals surface area contributed by atoms with Crippen molar-refractivity contribution in [2.24, 2.45) is 0 Å². The normalized spacial score (nSPS) is 12.0. The number of hydrogen-bond acceptors (Lipinski definition) is 7. The molecular formula is C26H20F6N4O3. The first kappa shape index (κ1) is 27.8. The van der Waals surface area contributed by atoms with E-state index in [1.807, 2.05) is 0 Å². The van der Waals surface area contributed by atoms with Crippen molar-refractivity contribution in [3.8, 4) is 11.3 Å². The van der Waals surface area contributed by atoms with Gasteiger partial charge in [-0.25, -0.2) is 14.8 Å². The molecule has 2 aromatic carbocycles. The molecule has 0 amide bonds. The Bertz CT molecular complexity index is 1470. The van der Waals surface area contributed by atoms with E-state index in [1.165, 1.54) is 42.6 Å². The minimum absolute atomic E-state index is 0.0652. The largest absolute Gasteiger partial charge is 0.464 e. The fourth-order valence-corrected chi connectivity index (χ4v) is 3.66. The quantitative estimate of drug-likeness (QED) is 0.197. The van der Waals surface area contributed by atoms with E-state index < -0.39 is 29.4 Å². The number of ether oxygens (including phenoxy) is 2. The van der Waals surface area contributed by atoms with Gasteiger partial charge in [-0.3, -0.25) is 4.98 Å². The van der Waals surface area contributed by atoms with Gasteiger partial charge in [0.05, 0.1) is 28.9 Å². The SMILES string of the molecule is CCOC(=O)COCc1nc(Nc2ccc(C(F)(F)F)cc2)c2ccc(-c3ncccc3C(F)(F)F)cc2n1. The van der Waals surface area contributed by atoms with Crippen LogP contribution in [0.5, 0.6) is 0 Å². The first-order chi connectivity index (χ1) is 18.5. The maximum atomic E-state index is 13.6. The average Bonchev–Trinajstić information content (AvgIpc) is 2.88. The van der Waals surface area contributed by atoms with Crippen LogP contribution in [-0.2, 0) is 33.2 Å². The Morgan fingerprint density at radius 3 is 2.36 bits per heavy atom. The van der Waals surface area contributed by atoms with Crippen molar-refractivity contribution < 1.29 is 40.6 Å². The van der Waals surface area contributed by atoms with Crippen LogP contribution in [0.4, 0.5) is 37.8 Å². The molecule has 13 heteroatoms. The first-order valence-electron chi connectivity index (χ1n) is 11.5. The van der Waals surface area contributed by atoms with Crippen molar-refractivity contribution in [1.82, 2.24) is 15.0 Å². The molecule has 2 heterocycles. The maximum absolute atomic E-state index is 13.6. The van der Waals surface area contributed by atoms with E-state index in [4.69, 9.17) is 9.47 Å². The molecule has 1 N–H and O–H groups in total. The second kappa shape index (κ2) is 11.2. The van der Waals surface area contributed by atoms with Crippen LogP contribution in [0.15, 0.2) is 60.8 Å². The van der Waals surface area contributed by atoms with Crippen LogP contribution in [0.1, 0.15) is 23.9 Å². The van der Waals surface area contributed by atoms with Gasteiger partial charge in [-0.15, -0.1) is 0 Å². The molecule has 0 atom stereocenters. The fraction of sp³-hybridized carbons (Fsp3) is 0.231. The van der Waals surface area contributed by atoms with E-state index in [0.29, 0.717) is 5.39 Å². The Labute approximate surface area is 217 Å². The summed E-state index contributed by atoms with van der Waals surface area (Å²) in [5.74, 6) is -0.382. The zero-order chi connectivity index (χ0) is 28.2. The third-order valence-electron chi connectivity index (χ3n) is 5.36. The van der Waals surface area contributed by atoms with Crippen LogP contribution in [0, 0.1) is 0 Å². The Kier molecular flexibility index (Phi) is 8.00.